The molecule has 11 rings (SSSR count). The Morgan fingerprint density at radius 2 is 1.31 bits per heavy atom. The van der Waals surface area contributed by atoms with E-state index < -0.39 is 5.92 Å². The summed E-state index contributed by atoms with van der Waals surface area (Å²) in [6, 6.07) is 12.4. The van der Waals surface area contributed by atoms with Gasteiger partial charge in [0.05, 0.1) is 45.8 Å². The number of thioether (sulfide) groups is 4. The maximum atomic E-state index is 13.6. The van der Waals surface area contributed by atoms with Crippen LogP contribution in [0, 0.1) is 17.8 Å². The molecule has 8 aliphatic rings. The Hall–Kier alpha value is -3.84. The summed E-state index contributed by atoms with van der Waals surface area (Å²) >= 11 is 5.47. The van der Waals surface area contributed by atoms with Gasteiger partial charge in [0.15, 0.2) is 15.3 Å². The van der Waals surface area contributed by atoms with Crippen molar-refractivity contribution in [1.29, 1.82) is 0 Å². The van der Waals surface area contributed by atoms with Crippen LogP contribution < -0.4 is 0 Å². The van der Waals surface area contributed by atoms with Gasteiger partial charge in [-0.2, -0.15) is 0 Å². The number of aromatic amines is 2. The molecule has 1 aliphatic carbocycles. The van der Waals surface area contributed by atoms with E-state index in [4.69, 9.17) is 9.97 Å². The van der Waals surface area contributed by atoms with Gasteiger partial charge in [-0.3, -0.25) is 19.2 Å². The maximum absolute atomic E-state index is 13.6. The van der Waals surface area contributed by atoms with E-state index in [1.807, 2.05) is 45.1 Å². The fourth-order valence-corrected chi connectivity index (χ4v) is 13.5. The van der Waals surface area contributed by atoms with Crippen molar-refractivity contribution >= 4 is 112 Å². The third kappa shape index (κ3) is 5.84. The molecule has 55 heavy (non-hydrogen) atoms. The number of allylic oxidation sites excluding steroid dienone is 4. The zero-order valence-corrected chi connectivity index (χ0v) is 33.9. The number of rotatable bonds is 3. The fourth-order valence-electron chi connectivity index (χ4n) is 9.11. The van der Waals surface area contributed by atoms with Crippen molar-refractivity contribution in [3.8, 4) is 0 Å². The quantitative estimate of drug-likeness (QED) is 0.247. The van der Waals surface area contributed by atoms with Crippen LogP contribution in [0.1, 0.15) is 92.0 Å². The van der Waals surface area contributed by atoms with Gasteiger partial charge in [0, 0.05) is 43.7 Å². The van der Waals surface area contributed by atoms with Gasteiger partial charge in [-0.1, -0.05) is 85.2 Å². The lowest BCUT2D eigenvalue weighted by Gasteiger charge is -2.35. The number of hydrogen-bond donors (Lipinski definition) is 2. The monoisotopic (exact) mass is 802 g/mol. The molecule has 1 fully saturated rings. The minimum atomic E-state index is -0.454. The Morgan fingerprint density at radius 3 is 2.02 bits per heavy atom. The second kappa shape index (κ2) is 13.4. The van der Waals surface area contributed by atoms with Gasteiger partial charge < -0.3 is 9.97 Å². The highest BCUT2D eigenvalue weighted by Crippen LogP contribution is 2.55. The highest BCUT2D eigenvalue weighted by atomic mass is 32.2. The number of aromatic nitrogens is 4. The van der Waals surface area contributed by atoms with Gasteiger partial charge in [-0.25, -0.2) is 9.97 Å². The summed E-state index contributed by atoms with van der Waals surface area (Å²) in [7, 11) is 0. The van der Waals surface area contributed by atoms with Crippen molar-refractivity contribution in [3.63, 3.8) is 0 Å². The first-order valence-corrected chi connectivity index (χ1v) is 22.5. The van der Waals surface area contributed by atoms with Crippen LogP contribution in [0.4, 0.5) is 0 Å². The van der Waals surface area contributed by atoms with Crippen molar-refractivity contribution in [3.05, 3.63) is 94.6 Å². The van der Waals surface area contributed by atoms with E-state index in [-0.39, 0.29) is 59.2 Å². The van der Waals surface area contributed by atoms with E-state index in [2.05, 4.69) is 53.3 Å². The van der Waals surface area contributed by atoms with E-state index in [0.29, 0.717) is 6.42 Å². The van der Waals surface area contributed by atoms with E-state index in [0.717, 1.165) is 91.1 Å². The summed E-state index contributed by atoms with van der Waals surface area (Å²) in [5.41, 5.74) is 12.3. The van der Waals surface area contributed by atoms with Crippen molar-refractivity contribution in [1.82, 2.24) is 19.9 Å². The molecule has 7 aliphatic heterocycles. The first kappa shape index (κ1) is 35.6. The first-order chi connectivity index (χ1) is 26.5. The molecule has 0 amide bonds. The smallest absolute Gasteiger partial charge is 0.200 e. The molecule has 8 nitrogen and oxygen atoms in total. The van der Waals surface area contributed by atoms with Gasteiger partial charge in [-0.15, -0.1) is 0 Å². The number of hydrogen-bond acceptors (Lipinski definition) is 10. The minimum absolute atomic E-state index is 0.0233. The zero-order valence-electron chi connectivity index (χ0n) is 30.7. The van der Waals surface area contributed by atoms with E-state index in [1.165, 1.54) is 47.0 Å². The molecule has 10 heterocycles. The minimum Gasteiger partial charge on any atom is -0.355 e. The summed E-state index contributed by atoms with van der Waals surface area (Å²) in [6.45, 7) is 8.06. The molecule has 10 bridgehead atoms. The largest absolute Gasteiger partial charge is 0.355 e. The van der Waals surface area contributed by atoms with Gasteiger partial charge in [-0.05, 0) is 103 Å². The van der Waals surface area contributed by atoms with Crippen LogP contribution in [0.5, 0.6) is 0 Å². The molecule has 0 saturated carbocycles. The molecule has 1 saturated heterocycles. The second-order valence-corrected chi connectivity index (χ2v) is 20.4. The summed E-state index contributed by atoms with van der Waals surface area (Å²) in [5.74, 6) is -1.15. The highest BCUT2D eigenvalue weighted by Gasteiger charge is 2.46. The Bertz CT molecular complexity index is 2580. The van der Waals surface area contributed by atoms with Crippen molar-refractivity contribution in [2.45, 2.75) is 73.9 Å². The molecule has 0 radical (unpaired) electrons. The Kier molecular flexibility index (Phi) is 8.66. The first-order valence-electron chi connectivity index (χ1n) is 19.0. The van der Waals surface area contributed by atoms with Crippen LogP contribution in [-0.4, -0.2) is 56.1 Å². The average Bonchev–Trinajstić information content (AvgIpc) is 3.91. The molecule has 0 spiro atoms. The van der Waals surface area contributed by atoms with Gasteiger partial charge in [0.25, 0.3) is 0 Å². The van der Waals surface area contributed by atoms with Crippen LogP contribution >= 0.6 is 47.0 Å². The average molecular weight is 803 g/mol. The third-order valence-corrected chi connectivity index (χ3v) is 16.4. The second-order valence-electron chi connectivity index (χ2n) is 15.3. The number of fused-ring (bicyclic) bond motifs is 12. The lowest BCUT2D eigenvalue weighted by Crippen LogP contribution is -2.30. The zero-order chi connectivity index (χ0) is 37.9. The molecular weight excluding hydrogens is 765 g/mol. The van der Waals surface area contributed by atoms with Crippen LogP contribution in [0.3, 0.4) is 0 Å². The molecule has 2 N–H and O–H groups in total. The van der Waals surface area contributed by atoms with Crippen LogP contribution in [0.2, 0.25) is 0 Å². The van der Waals surface area contributed by atoms with Gasteiger partial charge in [0.2, 0.25) is 5.12 Å². The Labute approximate surface area is 335 Å². The van der Waals surface area contributed by atoms with E-state index in [9.17, 15) is 19.2 Å². The standard InChI is InChI=1S/C43H38N4O4S4/c1-5-23-37-30-14-21-12-26(24-8-7-19(3)52-42(24)50)28(44-21)16-29-27(34-10-6-18(2)40(48)54-34)13-22(45-29)15-31-39-35-11-9-25(43(51)55-35)38(39)33(47-31)17-32(46-30)36(37)20(4)53-41(23)49/h6-8,10,12-20,23-25,34-35,44-45H,5,9,11H2,1-4H3. The van der Waals surface area contributed by atoms with Crippen LogP contribution in [-0.2, 0) is 19.2 Å². The number of carbonyl (C=O) groups is 4. The molecule has 12 heteroatoms. The molecule has 3 aromatic heterocycles. The van der Waals surface area contributed by atoms with Crippen molar-refractivity contribution in [2.24, 2.45) is 17.8 Å². The Morgan fingerprint density at radius 1 is 0.618 bits per heavy atom. The predicted molar refractivity (Wildman–Crippen MR) is 227 cm³/mol. The lowest BCUT2D eigenvalue weighted by molar-refractivity contribution is -0.114. The van der Waals surface area contributed by atoms with E-state index >= 15 is 0 Å². The normalized spacial score (nSPS) is 30.0. The molecule has 8 unspecified atom stereocenters. The number of nitrogens with one attached hydrogen (secondary N) is 2. The summed E-state index contributed by atoms with van der Waals surface area (Å²) in [6.07, 6.45) is 10.5. The molecule has 3 aromatic rings. The number of carbonyl (C=O) groups excluding carboxylic acids is 4. The predicted octanol–water partition coefficient (Wildman–Crippen LogP) is 9.68. The number of H-pyrrole nitrogens is 2. The van der Waals surface area contributed by atoms with Crippen LogP contribution in [0.25, 0.3) is 44.4 Å². The highest BCUT2D eigenvalue weighted by molar-refractivity contribution is 8.15. The fraction of sp³-hybridized carbons (Fsp3) is 0.349. The SMILES string of the molecule is CCC1C(=O)SC(C)C2=C1c1cc3cc(C4C=CC(C)SC4=O)c(cc4[nH]c(cc5nc(cc2n1)C1=C5C2CCC1C(=O)S2)cc4C1C=CC(C)C(=O)S1)[nH]3. The Balaban J connectivity index is 1.31. The molecular formula is C43H38N4O4S4. The molecule has 278 valence electrons. The summed E-state index contributed by atoms with van der Waals surface area (Å²) in [5, 5.41) is 0.359. The van der Waals surface area contributed by atoms with Crippen LogP contribution in [0.15, 0.2) is 60.7 Å². The summed E-state index contributed by atoms with van der Waals surface area (Å²) in [4.78, 5) is 71.5. The van der Waals surface area contributed by atoms with E-state index in [1.54, 1.807) is 0 Å². The lowest BCUT2D eigenvalue weighted by atomic mass is 9.81. The maximum Gasteiger partial charge on any atom is 0.200 e. The van der Waals surface area contributed by atoms with Crippen molar-refractivity contribution in [2.75, 3.05) is 0 Å². The van der Waals surface area contributed by atoms with Crippen molar-refractivity contribution < 1.29 is 19.2 Å². The number of nitrogens with zero attached hydrogens (tertiary/aromatic N) is 2. The molecule has 8 atom stereocenters. The van der Waals surface area contributed by atoms with Gasteiger partial charge >= 0.3 is 0 Å². The molecule has 0 aromatic carbocycles. The topological polar surface area (TPSA) is 126 Å². The third-order valence-electron chi connectivity index (χ3n) is 11.7. The summed E-state index contributed by atoms with van der Waals surface area (Å²) < 4.78 is 0. The van der Waals surface area contributed by atoms with Gasteiger partial charge in [0.1, 0.15) is 0 Å².